The predicted molar refractivity (Wildman–Crippen MR) is 73.1 cm³/mol. The number of rotatable bonds is 7. The van der Waals surface area contributed by atoms with Gasteiger partial charge in [0.05, 0.1) is 9.79 Å². The van der Waals surface area contributed by atoms with Gasteiger partial charge >= 0.3 is 10.2 Å². The van der Waals surface area contributed by atoms with Crippen LogP contribution in [0, 0.1) is 0 Å². The quantitative estimate of drug-likeness (QED) is 0.586. The van der Waals surface area contributed by atoms with Gasteiger partial charge in [-0.25, -0.2) is 13.1 Å². The summed E-state index contributed by atoms with van der Waals surface area (Å²) in [6.07, 6.45) is 0.642. The number of nitrogens with zero attached hydrogens (tertiary/aromatic N) is 1. The third-order valence-corrected chi connectivity index (χ3v) is 4.80. The Kier molecular flexibility index (Phi) is 5.63. The molecule has 0 saturated carbocycles. The monoisotopic (exact) mass is 324 g/mol. The summed E-state index contributed by atoms with van der Waals surface area (Å²) in [4.78, 5) is 1.26. The van der Waals surface area contributed by atoms with Gasteiger partial charge in [-0.1, -0.05) is 0 Å². The fourth-order valence-corrected chi connectivity index (χ4v) is 3.00. The molecule has 9 heteroatoms. The highest BCUT2D eigenvalue weighted by atomic mass is 32.3. The van der Waals surface area contributed by atoms with E-state index in [2.05, 4.69) is 4.72 Å². The van der Waals surface area contributed by atoms with E-state index in [0.717, 1.165) is 30.8 Å². The van der Waals surface area contributed by atoms with Crippen molar-refractivity contribution >= 4 is 20.2 Å². The Morgan fingerprint density at radius 2 is 1.55 bits per heavy atom. The van der Waals surface area contributed by atoms with Crippen LogP contribution < -0.4 is 4.72 Å². The van der Waals surface area contributed by atoms with Gasteiger partial charge in [0, 0.05) is 6.54 Å². The van der Waals surface area contributed by atoms with Gasteiger partial charge in [-0.2, -0.15) is 8.42 Å². The summed E-state index contributed by atoms with van der Waals surface area (Å²) in [6.45, 7) is 1.01. The molecule has 0 aliphatic heterocycles. The summed E-state index contributed by atoms with van der Waals surface area (Å²) < 4.78 is 60.1. The zero-order chi connectivity index (χ0) is 15.4. The van der Waals surface area contributed by atoms with E-state index in [4.69, 9.17) is 0 Å². The van der Waals surface area contributed by atoms with Crippen molar-refractivity contribution in [2.45, 2.75) is 16.2 Å². The molecule has 1 aromatic carbocycles. The molecule has 0 aliphatic carbocycles. The van der Waals surface area contributed by atoms with Gasteiger partial charge in [-0.15, -0.1) is 3.89 Å². The van der Waals surface area contributed by atoms with E-state index in [-0.39, 0.29) is 11.4 Å². The van der Waals surface area contributed by atoms with Gasteiger partial charge in [0.15, 0.2) is 0 Å². The molecule has 20 heavy (non-hydrogen) atoms. The SMILES string of the molecule is CN(C)CCCNS(=O)(=O)c1ccc(S(=O)(=O)F)cc1. The maximum absolute atomic E-state index is 12.7. The van der Waals surface area contributed by atoms with Crippen molar-refractivity contribution in [2.24, 2.45) is 0 Å². The van der Waals surface area contributed by atoms with E-state index in [1.807, 2.05) is 19.0 Å². The van der Waals surface area contributed by atoms with E-state index in [1.165, 1.54) is 0 Å². The first-order valence-electron chi connectivity index (χ1n) is 5.82. The zero-order valence-corrected chi connectivity index (χ0v) is 12.8. The molecule has 0 fully saturated rings. The normalized spacial score (nSPS) is 12.8. The van der Waals surface area contributed by atoms with E-state index >= 15 is 0 Å². The standard InChI is InChI=1S/C11H17FN2O4S2/c1-14(2)9-3-8-13-20(17,18)11-6-4-10(5-7-11)19(12,15)16/h4-7,13H,3,8-9H2,1-2H3. The van der Waals surface area contributed by atoms with Crippen LogP contribution in [0.1, 0.15) is 6.42 Å². The molecule has 0 heterocycles. The van der Waals surface area contributed by atoms with Crippen molar-refractivity contribution in [3.63, 3.8) is 0 Å². The molecule has 0 aliphatic rings. The van der Waals surface area contributed by atoms with Gasteiger partial charge in [-0.05, 0) is 51.3 Å². The van der Waals surface area contributed by atoms with Crippen LogP contribution in [0.25, 0.3) is 0 Å². The molecule has 1 rings (SSSR count). The maximum atomic E-state index is 12.7. The highest BCUT2D eigenvalue weighted by Crippen LogP contribution is 2.15. The van der Waals surface area contributed by atoms with Crippen LogP contribution in [0.5, 0.6) is 0 Å². The van der Waals surface area contributed by atoms with Gasteiger partial charge < -0.3 is 4.90 Å². The molecule has 0 aromatic heterocycles. The molecular weight excluding hydrogens is 307 g/mol. The first-order valence-corrected chi connectivity index (χ1v) is 8.69. The predicted octanol–water partition coefficient (Wildman–Crippen LogP) is 0.575. The second-order valence-corrected chi connectivity index (χ2v) is 7.58. The summed E-state index contributed by atoms with van der Waals surface area (Å²) in [6, 6.07) is 3.95. The minimum Gasteiger partial charge on any atom is -0.309 e. The fourth-order valence-electron chi connectivity index (χ4n) is 1.47. The van der Waals surface area contributed by atoms with E-state index in [0.29, 0.717) is 6.42 Å². The summed E-state index contributed by atoms with van der Waals surface area (Å²) >= 11 is 0. The van der Waals surface area contributed by atoms with Crippen molar-refractivity contribution in [2.75, 3.05) is 27.2 Å². The van der Waals surface area contributed by atoms with E-state index in [1.54, 1.807) is 0 Å². The number of halogens is 1. The van der Waals surface area contributed by atoms with Crippen LogP contribution >= 0.6 is 0 Å². The third kappa shape index (κ3) is 5.16. The van der Waals surface area contributed by atoms with Crippen molar-refractivity contribution < 1.29 is 20.7 Å². The Balaban J connectivity index is 2.73. The first-order chi connectivity index (χ1) is 9.13. The van der Waals surface area contributed by atoms with Crippen LogP contribution in [0.4, 0.5) is 3.89 Å². The molecular formula is C11H17FN2O4S2. The average molecular weight is 324 g/mol. The molecule has 6 nitrogen and oxygen atoms in total. The van der Waals surface area contributed by atoms with Crippen molar-refractivity contribution in [3.05, 3.63) is 24.3 Å². The second-order valence-electron chi connectivity index (χ2n) is 4.46. The molecule has 0 atom stereocenters. The molecule has 0 saturated heterocycles. The van der Waals surface area contributed by atoms with E-state index < -0.39 is 25.1 Å². The molecule has 0 unspecified atom stereocenters. The minimum absolute atomic E-state index is 0.102. The highest BCUT2D eigenvalue weighted by molar-refractivity contribution is 7.89. The van der Waals surface area contributed by atoms with Gasteiger partial charge in [-0.3, -0.25) is 0 Å². The number of benzene rings is 1. The minimum atomic E-state index is -4.82. The van der Waals surface area contributed by atoms with Crippen molar-refractivity contribution in [1.82, 2.24) is 9.62 Å². The Hall–Kier alpha value is -1.03. The lowest BCUT2D eigenvalue weighted by molar-refractivity contribution is 0.400. The third-order valence-electron chi connectivity index (χ3n) is 2.49. The van der Waals surface area contributed by atoms with Crippen LogP contribution in [-0.2, 0) is 20.2 Å². The molecule has 1 aromatic rings. The fraction of sp³-hybridized carbons (Fsp3) is 0.455. The lowest BCUT2D eigenvalue weighted by atomic mass is 10.4. The summed E-state index contributed by atoms with van der Waals surface area (Å²) in [7, 11) is -4.76. The summed E-state index contributed by atoms with van der Waals surface area (Å²) in [5, 5.41) is 0. The Morgan fingerprint density at radius 1 is 1.05 bits per heavy atom. The number of hydrogen-bond acceptors (Lipinski definition) is 5. The number of nitrogens with one attached hydrogen (secondary N) is 1. The topological polar surface area (TPSA) is 83.6 Å². The highest BCUT2D eigenvalue weighted by Gasteiger charge is 2.16. The first kappa shape index (κ1) is 17.0. The van der Waals surface area contributed by atoms with Gasteiger partial charge in [0.2, 0.25) is 10.0 Å². The Morgan fingerprint density at radius 3 is 2.00 bits per heavy atom. The summed E-state index contributed by atoms with van der Waals surface area (Å²) in [5.74, 6) is 0. The van der Waals surface area contributed by atoms with Crippen molar-refractivity contribution in [3.8, 4) is 0 Å². The summed E-state index contributed by atoms with van der Waals surface area (Å²) in [5.41, 5.74) is 0. The van der Waals surface area contributed by atoms with Crippen molar-refractivity contribution in [1.29, 1.82) is 0 Å². The van der Waals surface area contributed by atoms with Crippen LogP contribution in [0.3, 0.4) is 0 Å². The lowest BCUT2D eigenvalue weighted by Gasteiger charge is -2.10. The average Bonchev–Trinajstić information content (AvgIpc) is 2.34. The molecule has 1 N–H and O–H groups in total. The Labute approximate surface area is 118 Å². The Bertz CT molecular complexity index is 640. The lowest BCUT2D eigenvalue weighted by Crippen LogP contribution is -2.27. The zero-order valence-electron chi connectivity index (χ0n) is 11.2. The second kappa shape index (κ2) is 6.61. The van der Waals surface area contributed by atoms with Gasteiger partial charge in [0.25, 0.3) is 0 Å². The van der Waals surface area contributed by atoms with Crippen LogP contribution in [-0.4, -0.2) is 48.9 Å². The van der Waals surface area contributed by atoms with Gasteiger partial charge in [0.1, 0.15) is 0 Å². The van der Waals surface area contributed by atoms with Crippen LogP contribution in [0.2, 0.25) is 0 Å². The molecule has 0 bridgehead atoms. The molecule has 0 radical (unpaired) electrons. The molecule has 114 valence electrons. The maximum Gasteiger partial charge on any atom is 0.332 e. The van der Waals surface area contributed by atoms with E-state index in [9.17, 15) is 20.7 Å². The molecule has 0 amide bonds. The molecule has 0 spiro atoms. The largest absolute Gasteiger partial charge is 0.332 e. The smallest absolute Gasteiger partial charge is 0.309 e. The number of hydrogen-bond donors (Lipinski definition) is 1. The number of sulfonamides is 1. The van der Waals surface area contributed by atoms with Crippen LogP contribution in [0.15, 0.2) is 34.1 Å².